The molecule has 0 amide bonds. The van der Waals surface area contributed by atoms with Crippen LogP contribution in [0, 0.1) is 5.82 Å². The van der Waals surface area contributed by atoms with Gasteiger partial charge in [-0.15, -0.1) is 0 Å². The highest BCUT2D eigenvalue weighted by molar-refractivity contribution is 7.89. The van der Waals surface area contributed by atoms with Crippen LogP contribution in [0.2, 0.25) is 0 Å². The van der Waals surface area contributed by atoms with E-state index in [-0.39, 0.29) is 23.0 Å². The maximum absolute atomic E-state index is 13.9. The average Bonchev–Trinajstić information content (AvgIpc) is 2.69. The Balaban J connectivity index is 1.48. The highest BCUT2D eigenvalue weighted by Gasteiger charge is 2.20. The van der Waals surface area contributed by atoms with Gasteiger partial charge in [-0.25, -0.2) is 17.5 Å². The van der Waals surface area contributed by atoms with Crippen molar-refractivity contribution in [3.05, 3.63) is 59.9 Å². The average molecular weight is 405 g/mol. The Hall–Kier alpha value is -2.29. The molecule has 0 atom stereocenters. The second-order valence-electron chi connectivity index (χ2n) is 6.76. The largest absolute Gasteiger partial charge is 0.367 e. The zero-order valence-corrected chi connectivity index (χ0v) is 16.6. The number of sulfonamides is 1. The van der Waals surface area contributed by atoms with Gasteiger partial charge in [-0.2, -0.15) is 0 Å². The molecule has 3 rings (SSSR count). The predicted molar refractivity (Wildman–Crippen MR) is 107 cm³/mol. The number of Topliss-reactive ketones (excluding diaryl/α,β-unsaturated/α-hetero) is 1. The van der Waals surface area contributed by atoms with Crippen LogP contribution < -0.4 is 9.62 Å². The molecule has 1 fully saturated rings. The van der Waals surface area contributed by atoms with Gasteiger partial charge in [-0.1, -0.05) is 24.3 Å². The fourth-order valence-corrected chi connectivity index (χ4v) is 4.23. The predicted octanol–water partition coefficient (Wildman–Crippen LogP) is 2.13. The molecule has 1 aliphatic rings. The SMILES string of the molecule is CC(=O)c1ccc(S(=O)(=O)NCCN2CCN(c3ccccc3F)CC2)cc1. The van der Waals surface area contributed by atoms with Gasteiger partial charge < -0.3 is 4.90 Å². The van der Waals surface area contributed by atoms with Gasteiger partial charge in [0.05, 0.1) is 10.6 Å². The number of ketones is 1. The van der Waals surface area contributed by atoms with E-state index in [0.717, 1.165) is 13.1 Å². The maximum Gasteiger partial charge on any atom is 0.240 e. The summed E-state index contributed by atoms with van der Waals surface area (Å²) in [5.74, 6) is -0.328. The molecule has 0 bridgehead atoms. The standard InChI is InChI=1S/C20H24FN3O3S/c1-16(25)17-6-8-18(9-7-17)28(26,27)22-10-11-23-12-14-24(15-13-23)20-5-3-2-4-19(20)21/h2-9,22H,10-15H2,1H3. The van der Waals surface area contributed by atoms with E-state index in [1.165, 1.54) is 37.3 Å². The van der Waals surface area contributed by atoms with E-state index in [4.69, 9.17) is 0 Å². The second-order valence-corrected chi connectivity index (χ2v) is 8.53. The molecule has 2 aromatic rings. The smallest absolute Gasteiger partial charge is 0.240 e. The number of halogens is 1. The number of piperazine rings is 1. The first-order chi connectivity index (χ1) is 13.4. The fraction of sp³-hybridized carbons (Fsp3) is 0.350. The van der Waals surface area contributed by atoms with Gasteiger partial charge in [0.15, 0.2) is 5.78 Å². The van der Waals surface area contributed by atoms with Crippen molar-refractivity contribution < 1.29 is 17.6 Å². The Morgan fingerprint density at radius 1 is 1.04 bits per heavy atom. The molecule has 1 N–H and O–H groups in total. The Morgan fingerprint density at radius 2 is 1.68 bits per heavy atom. The van der Waals surface area contributed by atoms with E-state index in [9.17, 15) is 17.6 Å². The number of benzene rings is 2. The van der Waals surface area contributed by atoms with Crippen LogP contribution in [0.25, 0.3) is 0 Å². The van der Waals surface area contributed by atoms with Gasteiger partial charge in [0.2, 0.25) is 10.0 Å². The van der Waals surface area contributed by atoms with Crippen LogP contribution in [0.1, 0.15) is 17.3 Å². The third-order valence-corrected chi connectivity index (χ3v) is 6.33. The van der Waals surface area contributed by atoms with E-state index >= 15 is 0 Å². The first-order valence-corrected chi connectivity index (χ1v) is 10.7. The minimum Gasteiger partial charge on any atom is -0.367 e. The summed E-state index contributed by atoms with van der Waals surface area (Å²) in [7, 11) is -3.61. The molecule has 1 heterocycles. The molecule has 28 heavy (non-hydrogen) atoms. The third-order valence-electron chi connectivity index (χ3n) is 4.86. The van der Waals surface area contributed by atoms with Crippen molar-refractivity contribution in [2.45, 2.75) is 11.8 Å². The lowest BCUT2D eigenvalue weighted by atomic mass is 10.2. The minimum absolute atomic E-state index is 0.105. The number of hydrogen-bond donors (Lipinski definition) is 1. The van der Waals surface area contributed by atoms with Gasteiger partial charge >= 0.3 is 0 Å². The highest BCUT2D eigenvalue weighted by Crippen LogP contribution is 2.20. The van der Waals surface area contributed by atoms with Crippen molar-refractivity contribution in [2.75, 3.05) is 44.2 Å². The summed E-state index contributed by atoms with van der Waals surface area (Å²) in [5, 5.41) is 0. The summed E-state index contributed by atoms with van der Waals surface area (Å²) in [6.45, 7) is 5.17. The number of carbonyl (C=O) groups excluding carboxylic acids is 1. The zero-order valence-electron chi connectivity index (χ0n) is 15.8. The summed E-state index contributed by atoms with van der Waals surface area (Å²) in [5.41, 5.74) is 1.09. The lowest BCUT2D eigenvalue weighted by Gasteiger charge is -2.36. The number of para-hydroxylation sites is 1. The van der Waals surface area contributed by atoms with Gasteiger partial charge in [0, 0.05) is 44.8 Å². The topological polar surface area (TPSA) is 69.7 Å². The number of hydrogen-bond acceptors (Lipinski definition) is 5. The second kappa shape index (κ2) is 8.81. The van der Waals surface area contributed by atoms with Crippen LogP contribution in [0.3, 0.4) is 0 Å². The van der Waals surface area contributed by atoms with Crippen molar-refractivity contribution in [1.82, 2.24) is 9.62 Å². The number of rotatable bonds is 7. The number of carbonyl (C=O) groups is 1. The molecule has 1 saturated heterocycles. The molecule has 1 aliphatic heterocycles. The summed E-state index contributed by atoms with van der Waals surface area (Å²) < 4.78 is 41.2. The van der Waals surface area contributed by atoms with Crippen molar-refractivity contribution in [3.8, 4) is 0 Å². The van der Waals surface area contributed by atoms with E-state index in [1.54, 1.807) is 12.1 Å². The van der Waals surface area contributed by atoms with Crippen LogP contribution in [0.5, 0.6) is 0 Å². The van der Waals surface area contributed by atoms with Gasteiger partial charge in [-0.3, -0.25) is 9.69 Å². The van der Waals surface area contributed by atoms with Crippen LogP contribution >= 0.6 is 0 Å². The molecular weight excluding hydrogens is 381 g/mol. The van der Waals surface area contributed by atoms with Crippen LogP contribution in [0.4, 0.5) is 10.1 Å². The fourth-order valence-electron chi connectivity index (χ4n) is 3.21. The Bertz CT molecular complexity index is 924. The zero-order chi connectivity index (χ0) is 20.1. The summed E-state index contributed by atoms with van der Waals surface area (Å²) in [6, 6.07) is 12.6. The van der Waals surface area contributed by atoms with Crippen LogP contribution in [-0.4, -0.2) is 58.4 Å². The van der Waals surface area contributed by atoms with Crippen molar-refractivity contribution >= 4 is 21.5 Å². The molecule has 0 spiro atoms. The van der Waals surface area contributed by atoms with Gasteiger partial charge in [0.25, 0.3) is 0 Å². The molecular formula is C20H24FN3O3S. The summed E-state index contributed by atoms with van der Waals surface area (Å²) in [6.07, 6.45) is 0. The first-order valence-electron chi connectivity index (χ1n) is 9.19. The Kier molecular flexibility index (Phi) is 6.43. The molecule has 0 radical (unpaired) electrons. The van der Waals surface area contributed by atoms with Crippen molar-refractivity contribution in [1.29, 1.82) is 0 Å². The molecule has 0 aromatic heterocycles. The number of nitrogens with one attached hydrogen (secondary N) is 1. The van der Waals surface area contributed by atoms with Crippen molar-refractivity contribution in [2.24, 2.45) is 0 Å². The monoisotopic (exact) mass is 405 g/mol. The third kappa shape index (κ3) is 4.95. The Morgan fingerprint density at radius 3 is 2.29 bits per heavy atom. The molecule has 8 heteroatoms. The normalized spacial score (nSPS) is 15.6. The van der Waals surface area contributed by atoms with Crippen molar-refractivity contribution in [3.63, 3.8) is 0 Å². The summed E-state index contributed by atoms with van der Waals surface area (Å²) >= 11 is 0. The molecule has 0 unspecified atom stereocenters. The summed E-state index contributed by atoms with van der Waals surface area (Å²) in [4.78, 5) is 15.6. The van der Waals surface area contributed by atoms with E-state index in [1.807, 2.05) is 11.0 Å². The lowest BCUT2D eigenvalue weighted by molar-refractivity contribution is 0.101. The van der Waals surface area contributed by atoms with Crippen LogP contribution in [0.15, 0.2) is 53.4 Å². The lowest BCUT2D eigenvalue weighted by Crippen LogP contribution is -2.48. The molecule has 150 valence electrons. The molecule has 6 nitrogen and oxygen atoms in total. The molecule has 2 aromatic carbocycles. The number of anilines is 1. The number of nitrogens with zero attached hydrogens (tertiary/aromatic N) is 2. The Labute approximate surface area is 165 Å². The quantitative estimate of drug-likeness (QED) is 0.715. The maximum atomic E-state index is 13.9. The molecule has 0 aliphatic carbocycles. The molecule has 0 saturated carbocycles. The van der Waals surface area contributed by atoms with Crippen LogP contribution in [-0.2, 0) is 10.0 Å². The van der Waals surface area contributed by atoms with E-state index in [2.05, 4.69) is 9.62 Å². The van der Waals surface area contributed by atoms with Gasteiger partial charge in [-0.05, 0) is 31.2 Å². The highest BCUT2D eigenvalue weighted by atomic mass is 32.2. The van der Waals surface area contributed by atoms with E-state index in [0.29, 0.717) is 30.9 Å². The first kappa shape index (κ1) is 20.4. The minimum atomic E-state index is -3.61. The van der Waals surface area contributed by atoms with Gasteiger partial charge in [0.1, 0.15) is 5.82 Å². The van der Waals surface area contributed by atoms with E-state index < -0.39 is 10.0 Å².